The molecule has 0 rings (SSSR count). The summed E-state index contributed by atoms with van der Waals surface area (Å²) < 4.78 is 0. The maximum Gasteiger partial charge on any atom is 0.0546 e. The van der Waals surface area contributed by atoms with Gasteiger partial charge in [-0.25, -0.2) is 0 Å². The highest BCUT2D eigenvalue weighted by Gasteiger charge is 2.02. The van der Waals surface area contributed by atoms with Crippen molar-refractivity contribution in [3.8, 4) is 0 Å². The van der Waals surface area contributed by atoms with Gasteiger partial charge in [0.15, 0.2) is 0 Å². The van der Waals surface area contributed by atoms with Gasteiger partial charge in [0.05, 0.1) is 6.17 Å². The summed E-state index contributed by atoms with van der Waals surface area (Å²) in [5, 5.41) is 6.73. The lowest BCUT2D eigenvalue weighted by atomic mass is 10.3. The van der Waals surface area contributed by atoms with Crippen LogP contribution in [0.5, 0.6) is 0 Å². The van der Waals surface area contributed by atoms with Crippen molar-refractivity contribution in [2.75, 3.05) is 0 Å². The lowest BCUT2D eigenvalue weighted by molar-refractivity contribution is 0.389. The lowest BCUT2D eigenvalue weighted by Crippen LogP contribution is -2.45. The zero-order chi connectivity index (χ0) is 10.1. The van der Waals surface area contributed by atoms with Crippen molar-refractivity contribution in [2.24, 2.45) is 0 Å². The van der Waals surface area contributed by atoms with Crippen LogP contribution >= 0.6 is 0 Å². The molecule has 0 amide bonds. The summed E-state index contributed by atoms with van der Waals surface area (Å²) in [6, 6.07) is 1.11. The van der Waals surface area contributed by atoms with Crippen molar-refractivity contribution in [1.29, 1.82) is 0 Å². The Kier molecular flexibility index (Phi) is 10.8. The van der Waals surface area contributed by atoms with Crippen molar-refractivity contribution in [3.05, 3.63) is 0 Å². The Labute approximate surface area is 78.1 Å². The zero-order valence-corrected chi connectivity index (χ0v) is 9.73. The highest BCUT2D eigenvalue weighted by atomic mass is 15.1. The first-order chi connectivity index (χ1) is 5.52. The Morgan fingerprint density at radius 3 is 1.08 bits per heavy atom. The molecule has 0 atom stereocenters. The van der Waals surface area contributed by atoms with Crippen molar-refractivity contribution < 1.29 is 0 Å². The lowest BCUT2D eigenvalue weighted by Gasteiger charge is -2.20. The number of hydrogen-bond donors (Lipinski definition) is 2. The first-order valence-corrected chi connectivity index (χ1v) is 5.04. The van der Waals surface area contributed by atoms with Gasteiger partial charge < -0.3 is 0 Å². The van der Waals surface area contributed by atoms with Crippen LogP contribution in [0.15, 0.2) is 0 Å². The molecule has 2 N–H and O–H groups in total. The quantitative estimate of drug-likeness (QED) is 0.639. The fourth-order valence-electron chi connectivity index (χ4n) is 1.05. The van der Waals surface area contributed by atoms with Gasteiger partial charge in [0.25, 0.3) is 0 Å². The van der Waals surface area contributed by atoms with Crippen molar-refractivity contribution in [2.45, 2.75) is 66.7 Å². The first kappa shape index (κ1) is 14.4. The maximum absolute atomic E-state index is 3.36. The Hall–Kier alpha value is -0.0800. The molecule has 2 nitrogen and oxygen atoms in total. The largest absolute Gasteiger partial charge is 0.300 e. The van der Waals surface area contributed by atoms with Gasteiger partial charge in [-0.15, -0.1) is 0 Å². The topological polar surface area (TPSA) is 24.1 Å². The predicted octanol–water partition coefficient (Wildman–Crippen LogP) is 2.35. The van der Waals surface area contributed by atoms with E-state index in [2.05, 4.69) is 45.3 Å². The van der Waals surface area contributed by atoms with Gasteiger partial charge in [-0.2, -0.15) is 0 Å². The van der Waals surface area contributed by atoms with Crippen LogP contribution in [0.4, 0.5) is 0 Å². The molecular formula is C10H26N2. The van der Waals surface area contributed by atoms with Crippen molar-refractivity contribution in [1.82, 2.24) is 10.6 Å². The Morgan fingerprint density at radius 2 is 0.917 bits per heavy atom. The summed E-state index contributed by atoms with van der Waals surface area (Å²) in [6.07, 6.45) is 0.417. The summed E-state index contributed by atoms with van der Waals surface area (Å²) in [5.41, 5.74) is 0. The molecule has 0 aliphatic heterocycles. The van der Waals surface area contributed by atoms with E-state index < -0.39 is 0 Å². The second-order valence-electron chi connectivity index (χ2n) is 3.36. The smallest absolute Gasteiger partial charge is 0.0546 e. The molecule has 0 radical (unpaired) electrons. The van der Waals surface area contributed by atoms with Crippen molar-refractivity contribution in [3.63, 3.8) is 0 Å². The fraction of sp³-hybridized carbons (Fsp3) is 1.00. The summed E-state index contributed by atoms with van der Waals surface area (Å²) >= 11 is 0. The monoisotopic (exact) mass is 174 g/mol. The van der Waals surface area contributed by atoms with Crippen LogP contribution in [0.1, 0.15) is 48.5 Å². The van der Waals surface area contributed by atoms with E-state index in [1.165, 1.54) is 0 Å². The molecule has 0 heterocycles. The molecule has 0 aliphatic carbocycles. The third-order valence-corrected chi connectivity index (χ3v) is 1.17. The van der Waals surface area contributed by atoms with Crippen LogP contribution in [0.3, 0.4) is 0 Å². The fourth-order valence-corrected chi connectivity index (χ4v) is 1.05. The number of nitrogens with one attached hydrogen (secondary N) is 2. The molecule has 0 aromatic heterocycles. The molecule has 0 spiro atoms. The van der Waals surface area contributed by atoms with Crippen LogP contribution in [-0.2, 0) is 0 Å². The second kappa shape index (κ2) is 9.01. The molecule has 0 bridgehead atoms. The molecule has 0 fully saturated rings. The van der Waals surface area contributed by atoms with Crippen LogP contribution in [0.2, 0.25) is 0 Å². The highest BCUT2D eigenvalue weighted by Crippen LogP contribution is 1.84. The average Bonchev–Trinajstić information content (AvgIpc) is 1.87. The van der Waals surface area contributed by atoms with Crippen LogP contribution in [-0.4, -0.2) is 18.2 Å². The van der Waals surface area contributed by atoms with E-state index in [4.69, 9.17) is 0 Å². The van der Waals surface area contributed by atoms with E-state index in [0.717, 1.165) is 0 Å². The minimum atomic E-state index is 0.417. The number of rotatable bonds is 4. The molecule has 0 saturated carbocycles. The van der Waals surface area contributed by atoms with Gasteiger partial charge in [-0.1, -0.05) is 13.8 Å². The minimum Gasteiger partial charge on any atom is -0.300 e. The highest BCUT2D eigenvalue weighted by molar-refractivity contribution is 4.63. The van der Waals surface area contributed by atoms with Gasteiger partial charge >= 0.3 is 0 Å². The summed E-state index contributed by atoms with van der Waals surface area (Å²) in [6.45, 7) is 14.7. The van der Waals surface area contributed by atoms with Gasteiger partial charge in [0.2, 0.25) is 0 Å². The predicted molar refractivity (Wildman–Crippen MR) is 57.4 cm³/mol. The number of hydrogen-bond acceptors (Lipinski definition) is 2. The van der Waals surface area contributed by atoms with E-state index in [-0.39, 0.29) is 0 Å². The molecule has 12 heavy (non-hydrogen) atoms. The van der Waals surface area contributed by atoms with E-state index in [9.17, 15) is 0 Å². The molecule has 0 aliphatic rings. The third kappa shape index (κ3) is 12.6. The first-order valence-electron chi connectivity index (χ1n) is 5.04. The van der Waals surface area contributed by atoms with E-state index in [0.29, 0.717) is 18.2 Å². The molecule has 0 aromatic rings. The molecule has 0 unspecified atom stereocenters. The Morgan fingerprint density at radius 1 is 0.667 bits per heavy atom. The molecule has 0 aromatic carbocycles. The zero-order valence-electron chi connectivity index (χ0n) is 9.73. The van der Waals surface area contributed by atoms with E-state index >= 15 is 0 Å². The van der Waals surface area contributed by atoms with Gasteiger partial charge in [0.1, 0.15) is 0 Å². The SMILES string of the molecule is CC.CC(C)NC(C)NC(C)C. The molecule has 2 heteroatoms. The van der Waals surface area contributed by atoms with Gasteiger partial charge in [0, 0.05) is 12.1 Å². The normalized spacial score (nSPS) is 10.5. The van der Waals surface area contributed by atoms with Gasteiger partial charge in [-0.3, -0.25) is 10.6 Å². The Bertz CT molecular complexity index is 69.9. The molecule has 76 valence electrons. The summed E-state index contributed by atoms with van der Waals surface area (Å²) in [5.74, 6) is 0. The second-order valence-corrected chi connectivity index (χ2v) is 3.36. The van der Waals surface area contributed by atoms with Crippen molar-refractivity contribution >= 4 is 0 Å². The standard InChI is InChI=1S/C8H20N2.C2H6/c1-6(2)9-8(5)10-7(3)4;1-2/h6-10H,1-5H3;1-2H3. The minimum absolute atomic E-state index is 0.417. The van der Waals surface area contributed by atoms with Crippen LogP contribution < -0.4 is 10.6 Å². The average molecular weight is 174 g/mol. The molecule has 0 saturated heterocycles. The van der Waals surface area contributed by atoms with E-state index in [1.54, 1.807) is 0 Å². The van der Waals surface area contributed by atoms with Crippen LogP contribution in [0, 0.1) is 0 Å². The van der Waals surface area contributed by atoms with Gasteiger partial charge in [-0.05, 0) is 34.6 Å². The van der Waals surface area contributed by atoms with Crippen LogP contribution in [0.25, 0.3) is 0 Å². The maximum atomic E-state index is 3.36. The third-order valence-electron chi connectivity index (χ3n) is 1.17. The Balaban J connectivity index is 0. The summed E-state index contributed by atoms with van der Waals surface area (Å²) in [7, 11) is 0. The summed E-state index contributed by atoms with van der Waals surface area (Å²) in [4.78, 5) is 0. The molecular weight excluding hydrogens is 148 g/mol. The van der Waals surface area contributed by atoms with E-state index in [1.807, 2.05) is 13.8 Å².